The molecule has 100 valence electrons. The first-order chi connectivity index (χ1) is 8.55. The van der Waals surface area contributed by atoms with Gasteiger partial charge in [-0.15, -0.1) is 0 Å². The zero-order chi connectivity index (χ0) is 13.3. The van der Waals surface area contributed by atoms with E-state index in [2.05, 4.69) is 6.58 Å². The van der Waals surface area contributed by atoms with Gasteiger partial charge < -0.3 is 10.2 Å². The molecule has 1 fully saturated rings. The number of allylic oxidation sites excluding steroid dienone is 2. The molecule has 3 heteroatoms. The van der Waals surface area contributed by atoms with E-state index in [1.807, 2.05) is 13.0 Å². The Labute approximate surface area is 108 Å². The van der Waals surface area contributed by atoms with Crippen molar-refractivity contribution >= 4 is 5.78 Å². The van der Waals surface area contributed by atoms with Crippen molar-refractivity contribution in [3.63, 3.8) is 0 Å². The molecule has 0 spiro atoms. The number of aliphatic hydroxyl groups excluding tert-OH is 2. The average molecular weight is 250 g/mol. The molecule has 18 heavy (non-hydrogen) atoms. The third kappa shape index (κ3) is 1.95. The number of ketones is 1. The first-order valence-corrected chi connectivity index (χ1v) is 6.66. The van der Waals surface area contributed by atoms with Gasteiger partial charge in [0.15, 0.2) is 5.78 Å². The van der Waals surface area contributed by atoms with Crippen LogP contribution in [0.4, 0.5) is 0 Å². The highest BCUT2D eigenvalue weighted by Gasteiger charge is 2.49. The number of hydrogen-bond donors (Lipinski definition) is 2. The fourth-order valence-electron chi connectivity index (χ4n) is 3.54. The number of Topliss-reactive ketones (excluding diaryl/α,β-unsaturated/α-hetero) is 1. The second-order valence-corrected chi connectivity index (χ2v) is 5.76. The van der Waals surface area contributed by atoms with Crippen LogP contribution >= 0.6 is 0 Å². The highest BCUT2D eigenvalue weighted by Crippen LogP contribution is 2.51. The summed E-state index contributed by atoms with van der Waals surface area (Å²) < 4.78 is 0. The summed E-state index contributed by atoms with van der Waals surface area (Å²) in [6, 6.07) is 0. The Morgan fingerprint density at radius 1 is 1.56 bits per heavy atom. The van der Waals surface area contributed by atoms with Crippen LogP contribution in [0.3, 0.4) is 0 Å². The number of rotatable bonds is 3. The highest BCUT2D eigenvalue weighted by molar-refractivity contribution is 5.98. The van der Waals surface area contributed by atoms with Crippen LogP contribution in [0, 0.1) is 17.3 Å². The van der Waals surface area contributed by atoms with Crippen LogP contribution in [-0.2, 0) is 4.79 Å². The lowest BCUT2D eigenvalue weighted by atomic mass is 9.56. The second-order valence-electron chi connectivity index (χ2n) is 5.76. The van der Waals surface area contributed by atoms with E-state index in [0.717, 1.165) is 30.4 Å². The first-order valence-electron chi connectivity index (χ1n) is 6.66. The van der Waals surface area contributed by atoms with Crippen LogP contribution < -0.4 is 0 Å². The third-order valence-electron chi connectivity index (χ3n) is 4.72. The van der Waals surface area contributed by atoms with Gasteiger partial charge in [-0.2, -0.15) is 0 Å². The summed E-state index contributed by atoms with van der Waals surface area (Å²) in [4.78, 5) is 12.3. The summed E-state index contributed by atoms with van der Waals surface area (Å²) in [7, 11) is 0. The molecule has 1 saturated carbocycles. The van der Waals surface area contributed by atoms with Gasteiger partial charge in [-0.25, -0.2) is 0 Å². The molecule has 3 nitrogen and oxygen atoms in total. The molecule has 2 aliphatic rings. The predicted molar refractivity (Wildman–Crippen MR) is 70.0 cm³/mol. The molecular formula is C15H22O3. The van der Waals surface area contributed by atoms with Crippen LogP contribution in [0.25, 0.3) is 0 Å². The third-order valence-corrected chi connectivity index (χ3v) is 4.72. The minimum atomic E-state index is -0.536. The van der Waals surface area contributed by atoms with Gasteiger partial charge >= 0.3 is 0 Å². The molecule has 0 saturated heterocycles. The van der Waals surface area contributed by atoms with Gasteiger partial charge in [0.1, 0.15) is 0 Å². The van der Waals surface area contributed by atoms with E-state index >= 15 is 0 Å². The molecule has 0 heterocycles. The van der Waals surface area contributed by atoms with E-state index in [-0.39, 0.29) is 30.8 Å². The van der Waals surface area contributed by atoms with E-state index < -0.39 is 5.41 Å². The standard InChI is InChI=1S/C15H22O3/c1-10(2)11-6-14(18)13-5-3-4-12(8-16)15(13,7-11)9-17/h5,11-12,16-17H,1,3-4,6-9H2,2H3. The summed E-state index contributed by atoms with van der Waals surface area (Å²) in [6.45, 7) is 5.87. The van der Waals surface area contributed by atoms with Gasteiger partial charge in [-0.1, -0.05) is 18.2 Å². The van der Waals surface area contributed by atoms with Gasteiger partial charge in [0, 0.05) is 18.4 Å². The Morgan fingerprint density at radius 3 is 2.83 bits per heavy atom. The minimum absolute atomic E-state index is 0.00593. The van der Waals surface area contributed by atoms with Crippen LogP contribution in [-0.4, -0.2) is 29.2 Å². The lowest BCUT2D eigenvalue weighted by Gasteiger charge is -2.48. The molecule has 2 N–H and O–H groups in total. The molecule has 0 radical (unpaired) electrons. The van der Waals surface area contributed by atoms with E-state index in [0.29, 0.717) is 6.42 Å². The number of hydrogen-bond acceptors (Lipinski definition) is 3. The van der Waals surface area contributed by atoms with Crippen molar-refractivity contribution in [1.82, 2.24) is 0 Å². The number of carbonyl (C=O) groups is 1. The lowest BCUT2D eigenvalue weighted by molar-refractivity contribution is -0.122. The summed E-state index contributed by atoms with van der Waals surface area (Å²) in [5.74, 6) is 0.254. The van der Waals surface area contributed by atoms with Gasteiger partial charge in [0.05, 0.1) is 6.61 Å². The van der Waals surface area contributed by atoms with E-state index in [9.17, 15) is 15.0 Å². The highest BCUT2D eigenvalue weighted by atomic mass is 16.3. The molecule has 0 aromatic rings. The Bertz CT molecular complexity index is 397. The molecule has 0 aromatic carbocycles. The van der Waals surface area contributed by atoms with Crippen molar-refractivity contribution in [3.05, 3.63) is 23.8 Å². The van der Waals surface area contributed by atoms with Crippen LogP contribution in [0.5, 0.6) is 0 Å². The Balaban J connectivity index is 2.42. The van der Waals surface area contributed by atoms with Crippen molar-refractivity contribution in [3.8, 4) is 0 Å². The van der Waals surface area contributed by atoms with Crippen molar-refractivity contribution in [2.75, 3.05) is 13.2 Å². The Kier molecular flexibility index (Phi) is 3.74. The molecule has 0 amide bonds. The maximum atomic E-state index is 12.3. The zero-order valence-corrected chi connectivity index (χ0v) is 11.0. The molecule has 3 atom stereocenters. The van der Waals surface area contributed by atoms with Crippen molar-refractivity contribution < 1.29 is 15.0 Å². The van der Waals surface area contributed by atoms with Crippen molar-refractivity contribution in [1.29, 1.82) is 0 Å². The second kappa shape index (κ2) is 4.98. The van der Waals surface area contributed by atoms with Gasteiger partial charge in [-0.05, 0) is 43.6 Å². The molecule has 3 unspecified atom stereocenters. The molecular weight excluding hydrogens is 228 g/mol. The zero-order valence-electron chi connectivity index (χ0n) is 11.0. The number of aliphatic hydroxyl groups is 2. The Morgan fingerprint density at radius 2 is 2.28 bits per heavy atom. The van der Waals surface area contributed by atoms with Gasteiger partial charge in [0.25, 0.3) is 0 Å². The summed E-state index contributed by atoms with van der Waals surface area (Å²) >= 11 is 0. The van der Waals surface area contributed by atoms with Crippen molar-refractivity contribution in [2.45, 2.75) is 32.6 Å². The van der Waals surface area contributed by atoms with Crippen LogP contribution in [0.2, 0.25) is 0 Å². The normalized spacial score (nSPS) is 35.9. The molecule has 0 bridgehead atoms. The largest absolute Gasteiger partial charge is 0.396 e. The summed E-state index contributed by atoms with van der Waals surface area (Å²) in [6.07, 6.45) is 4.88. The van der Waals surface area contributed by atoms with E-state index in [1.54, 1.807) is 0 Å². The Hall–Kier alpha value is -0.930. The monoisotopic (exact) mass is 250 g/mol. The van der Waals surface area contributed by atoms with E-state index in [1.165, 1.54) is 0 Å². The van der Waals surface area contributed by atoms with Crippen LogP contribution in [0.1, 0.15) is 32.6 Å². The topological polar surface area (TPSA) is 57.5 Å². The minimum Gasteiger partial charge on any atom is -0.396 e. The van der Waals surface area contributed by atoms with E-state index in [4.69, 9.17) is 0 Å². The summed E-state index contributed by atoms with van der Waals surface area (Å²) in [5.41, 5.74) is 1.22. The quantitative estimate of drug-likeness (QED) is 0.752. The molecule has 0 aromatic heterocycles. The molecule has 2 rings (SSSR count). The van der Waals surface area contributed by atoms with Crippen molar-refractivity contribution in [2.24, 2.45) is 17.3 Å². The number of fused-ring (bicyclic) bond motifs is 1. The number of carbonyl (C=O) groups excluding carboxylic acids is 1. The predicted octanol–water partition coefficient (Wildman–Crippen LogP) is 1.85. The molecule has 2 aliphatic carbocycles. The van der Waals surface area contributed by atoms with Crippen LogP contribution in [0.15, 0.2) is 23.8 Å². The first kappa shape index (κ1) is 13.5. The fraction of sp³-hybridized carbons (Fsp3) is 0.667. The maximum absolute atomic E-state index is 12.3. The average Bonchev–Trinajstić information content (AvgIpc) is 2.37. The fourth-order valence-corrected chi connectivity index (χ4v) is 3.54. The smallest absolute Gasteiger partial charge is 0.159 e. The SMILES string of the molecule is C=C(C)C1CC(=O)C2=CCCC(CO)C2(CO)C1. The van der Waals surface area contributed by atoms with Gasteiger partial charge in [0.2, 0.25) is 0 Å². The molecule has 0 aliphatic heterocycles. The summed E-state index contributed by atoms with van der Waals surface area (Å²) in [5, 5.41) is 19.4. The van der Waals surface area contributed by atoms with Gasteiger partial charge in [-0.3, -0.25) is 4.79 Å². The lowest BCUT2D eigenvalue weighted by Crippen LogP contribution is -2.47. The maximum Gasteiger partial charge on any atom is 0.159 e.